The van der Waals surface area contributed by atoms with Crippen LogP contribution in [0.3, 0.4) is 0 Å². The third-order valence-electron chi connectivity index (χ3n) is 4.71. The Bertz CT molecular complexity index is 866. The van der Waals surface area contributed by atoms with Crippen molar-refractivity contribution in [2.75, 3.05) is 13.1 Å². The van der Waals surface area contributed by atoms with E-state index in [1.165, 1.54) is 17.0 Å². The molecule has 3 atom stereocenters. The molecule has 126 valence electrons. The fraction of sp³-hybridized carbons (Fsp3) is 0.278. The number of ether oxygens (including phenoxy) is 1. The van der Waals surface area contributed by atoms with E-state index in [1.54, 1.807) is 24.3 Å². The number of hydrogen-bond donors (Lipinski definition) is 1. The van der Waals surface area contributed by atoms with E-state index >= 15 is 0 Å². The van der Waals surface area contributed by atoms with Crippen LogP contribution in [0.2, 0.25) is 0 Å². The van der Waals surface area contributed by atoms with Crippen LogP contribution in [-0.4, -0.2) is 40.3 Å². The summed E-state index contributed by atoms with van der Waals surface area (Å²) >= 11 is 0. The van der Waals surface area contributed by atoms with Crippen LogP contribution in [0, 0.1) is 29.0 Å². The van der Waals surface area contributed by atoms with Crippen molar-refractivity contribution in [3.63, 3.8) is 0 Å². The SMILES string of the molecule is N#Cc1cc(OC2[C@H]3CN(C(=O)O)C[C@@H]23)nc(-c2ccc(F)cc2)c1. The monoisotopic (exact) mass is 339 g/mol. The quantitative estimate of drug-likeness (QED) is 0.929. The molecule has 4 rings (SSSR count). The van der Waals surface area contributed by atoms with E-state index in [0.29, 0.717) is 35.8 Å². The zero-order valence-corrected chi connectivity index (χ0v) is 13.1. The molecule has 1 aromatic carbocycles. The molecule has 2 aromatic rings. The number of carbonyl (C=O) groups is 1. The molecule has 1 unspecified atom stereocenters. The molecule has 2 fully saturated rings. The minimum absolute atomic E-state index is 0.0712. The standard InChI is InChI=1S/C18H14FN3O3/c19-12-3-1-11(2-4-12)15-5-10(7-20)6-16(21-15)25-17-13-8-22(18(23)24)9-14(13)17/h1-6,13-14,17H,8-9H2,(H,23,24)/t13-,14+,17?. The lowest BCUT2D eigenvalue weighted by molar-refractivity contribution is 0.139. The van der Waals surface area contributed by atoms with Crippen molar-refractivity contribution in [1.29, 1.82) is 5.26 Å². The van der Waals surface area contributed by atoms with Crippen molar-refractivity contribution in [2.24, 2.45) is 11.8 Å². The highest BCUT2D eigenvalue weighted by molar-refractivity contribution is 5.66. The number of nitrogens with zero attached hydrogens (tertiary/aromatic N) is 3. The van der Waals surface area contributed by atoms with E-state index in [-0.39, 0.29) is 23.8 Å². The predicted octanol–water partition coefficient (Wildman–Crippen LogP) is 2.75. The number of carboxylic acid groups (broad SMARTS) is 1. The number of amides is 1. The maximum atomic E-state index is 13.1. The van der Waals surface area contributed by atoms with Crippen molar-refractivity contribution < 1.29 is 19.0 Å². The van der Waals surface area contributed by atoms with Gasteiger partial charge in [0.2, 0.25) is 5.88 Å². The van der Waals surface area contributed by atoms with Gasteiger partial charge in [0.1, 0.15) is 11.9 Å². The molecule has 0 spiro atoms. The van der Waals surface area contributed by atoms with E-state index < -0.39 is 6.09 Å². The topological polar surface area (TPSA) is 86.5 Å². The fourth-order valence-corrected chi connectivity index (χ4v) is 3.34. The number of aromatic nitrogens is 1. The van der Waals surface area contributed by atoms with Crippen molar-refractivity contribution in [3.8, 4) is 23.2 Å². The van der Waals surface area contributed by atoms with Crippen molar-refractivity contribution >= 4 is 6.09 Å². The third-order valence-corrected chi connectivity index (χ3v) is 4.71. The molecule has 2 aliphatic rings. The first-order chi connectivity index (χ1) is 12.0. The number of pyridine rings is 1. The number of fused-ring (bicyclic) bond motifs is 1. The summed E-state index contributed by atoms with van der Waals surface area (Å²) in [7, 11) is 0. The van der Waals surface area contributed by atoms with Gasteiger partial charge in [0.15, 0.2) is 0 Å². The van der Waals surface area contributed by atoms with Gasteiger partial charge in [-0.3, -0.25) is 0 Å². The Kier molecular flexibility index (Phi) is 3.53. The number of hydrogen-bond acceptors (Lipinski definition) is 4. The van der Waals surface area contributed by atoms with Gasteiger partial charge in [-0.25, -0.2) is 14.2 Å². The molecule has 25 heavy (non-hydrogen) atoms. The van der Waals surface area contributed by atoms with E-state index in [1.807, 2.05) is 0 Å². The maximum absolute atomic E-state index is 13.1. The molecule has 2 heterocycles. The van der Waals surface area contributed by atoms with Crippen molar-refractivity contribution in [2.45, 2.75) is 6.10 Å². The smallest absolute Gasteiger partial charge is 0.407 e. The Morgan fingerprint density at radius 2 is 1.96 bits per heavy atom. The first-order valence-electron chi connectivity index (χ1n) is 7.88. The molecular weight excluding hydrogens is 325 g/mol. The van der Waals surface area contributed by atoms with E-state index in [4.69, 9.17) is 9.84 Å². The van der Waals surface area contributed by atoms with Crippen LogP contribution in [0.4, 0.5) is 9.18 Å². The van der Waals surface area contributed by atoms with Gasteiger partial charge in [-0.2, -0.15) is 5.26 Å². The lowest BCUT2D eigenvalue weighted by Gasteiger charge is -2.16. The molecule has 1 saturated heterocycles. The van der Waals surface area contributed by atoms with Gasteiger partial charge >= 0.3 is 6.09 Å². The Balaban J connectivity index is 1.53. The summed E-state index contributed by atoms with van der Waals surface area (Å²) in [5.41, 5.74) is 1.63. The van der Waals surface area contributed by atoms with Crippen LogP contribution < -0.4 is 4.74 Å². The number of rotatable bonds is 3. The first kappa shape index (κ1) is 15.4. The highest BCUT2D eigenvalue weighted by Crippen LogP contribution is 2.47. The zero-order chi connectivity index (χ0) is 17.6. The molecule has 1 saturated carbocycles. The molecule has 1 aliphatic carbocycles. The molecule has 7 heteroatoms. The van der Waals surface area contributed by atoms with Crippen molar-refractivity contribution in [1.82, 2.24) is 9.88 Å². The second-order valence-corrected chi connectivity index (χ2v) is 6.30. The highest BCUT2D eigenvalue weighted by Gasteiger charge is 2.59. The average Bonchev–Trinajstić information content (AvgIpc) is 3.05. The fourth-order valence-electron chi connectivity index (χ4n) is 3.34. The number of benzene rings is 1. The zero-order valence-electron chi connectivity index (χ0n) is 13.1. The molecule has 0 radical (unpaired) electrons. The summed E-state index contributed by atoms with van der Waals surface area (Å²) in [6, 6.07) is 11.1. The minimum atomic E-state index is -0.908. The van der Waals surface area contributed by atoms with E-state index in [9.17, 15) is 14.4 Å². The molecular formula is C18H14FN3O3. The van der Waals surface area contributed by atoms with Gasteiger partial charge in [0.25, 0.3) is 0 Å². The first-order valence-corrected chi connectivity index (χ1v) is 7.88. The van der Waals surface area contributed by atoms with Crippen LogP contribution in [0.25, 0.3) is 11.3 Å². The molecule has 1 aliphatic heterocycles. The summed E-state index contributed by atoms with van der Waals surface area (Å²) in [5, 5.41) is 18.2. The predicted molar refractivity (Wildman–Crippen MR) is 85.3 cm³/mol. The van der Waals surface area contributed by atoms with Gasteiger partial charge in [-0.1, -0.05) is 0 Å². The summed E-state index contributed by atoms with van der Waals surface area (Å²) in [4.78, 5) is 16.8. The molecule has 1 aromatic heterocycles. The molecule has 0 bridgehead atoms. The highest BCUT2D eigenvalue weighted by atomic mass is 19.1. The average molecular weight is 339 g/mol. The Labute approximate surface area is 143 Å². The van der Waals surface area contributed by atoms with Crippen LogP contribution in [0.1, 0.15) is 5.56 Å². The van der Waals surface area contributed by atoms with Crippen LogP contribution in [0.5, 0.6) is 5.88 Å². The number of piperidine rings is 1. The Hall–Kier alpha value is -3.14. The van der Waals surface area contributed by atoms with Gasteiger partial charge in [-0.05, 0) is 30.3 Å². The number of halogens is 1. The second kappa shape index (κ2) is 5.74. The van der Waals surface area contributed by atoms with Gasteiger partial charge in [-0.15, -0.1) is 0 Å². The lowest BCUT2D eigenvalue weighted by Crippen LogP contribution is -2.31. The summed E-state index contributed by atoms with van der Waals surface area (Å²) in [6.07, 6.45) is -0.979. The lowest BCUT2D eigenvalue weighted by atomic mass is 10.1. The summed E-state index contributed by atoms with van der Waals surface area (Å²) < 4.78 is 19.0. The van der Waals surface area contributed by atoms with Crippen LogP contribution in [0.15, 0.2) is 36.4 Å². The van der Waals surface area contributed by atoms with E-state index in [2.05, 4.69) is 11.1 Å². The largest absolute Gasteiger partial charge is 0.474 e. The number of likely N-dealkylation sites (tertiary alicyclic amines) is 1. The van der Waals surface area contributed by atoms with Gasteiger partial charge in [0.05, 0.1) is 17.3 Å². The Morgan fingerprint density at radius 3 is 2.56 bits per heavy atom. The van der Waals surface area contributed by atoms with Gasteiger partial charge in [0, 0.05) is 36.6 Å². The maximum Gasteiger partial charge on any atom is 0.407 e. The number of nitriles is 1. The summed E-state index contributed by atoms with van der Waals surface area (Å²) in [5.74, 6) is 0.348. The molecule has 1 amide bonds. The van der Waals surface area contributed by atoms with Crippen LogP contribution >= 0.6 is 0 Å². The minimum Gasteiger partial charge on any atom is -0.474 e. The normalized spacial score (nSPS) is 23.7. The van der Waals surface area contributed by atoms with Crippen LogP contribution in [-0.2, 0) is 0 Å². The third kappa shape index (κ3) is 2.87. The van der Waals surface area contributed by atoms with Gasteiger partial charge < -0.3 is 14.7 Å². The van der Waals surface area contributed by atoms with E-state index in [0.717, 1.165) is 0 Å². The second-order valence-electron chi connectivity index (χ2n) is 6.30. The molecule has 6 nitrogen and oxygen atoms in total. The Morgan fingerprint density at radius 1 is 1.28 bits per heavy atom. The summed E-state index contributed by atoms with van der Waals surface area (Å²) in [6.45, 7) is 0.931. The van der Waals surface area contributed by atoms with Crippen molar-refractivity contribution in [3.05, 3.63) is 47.8 Å². The molecule has 1 N–H and O–H groups in total.